The Labute approximate surface area is 128 Å². The Morgan fingerprint density at radius 2 is 1.95 bits per heavy atom. The summed E-state index contributed by atoms with van der Waals surface area (Å²) in [5, 5.41) is 2.89. The molecule has 2 saturated heterocycles. The van der Waals surface area contributed by atoms with Gasteiger partial charge in [0.1, 0.15) is 6.61 Å². The van der Waals surface area contributed by atoms with E-state index < -0.39 is 12.1 Å². The highest BCUT2D eigenvalue weighted by Crippen LogP contribution is 2.24. The zero-order chi connectivity index (χ0) is 14.7. The second kappa shape index (κ2) is 6.49. The fourth-order valence-electron chi connectivity index (χ4n) is 2.65. The summed E-state index contributed by atoms with van der Waals surface area (Å²) < 4.78 is 5.56. The SMILES string of the molecule is O=C1COC(C(=O)N2CCSCC2)C(c2ccccc2)N1. The number of hydrogen-bond donors (Lipinski definition) is 1. The van der Waals surface area contributed by atoms with Crippen LogP contribution in [0, 0.1) is 0 Å². The molecular formula is C15H18N2O3S. The molecule has 2 atom stereocenters. The van der Waals surface area contributed by atoms with Crippen molar-refractivity contribution in [2.24, 2.45) is 0 Å². The van der Waals surface area contributed by atoms with Gasteiger partial charge in [-0.05, 0) is 5.56 Å². The lowest BCUT2D eigenvalue weighted by atomic mass is 9.99. The molecule has 2 unspecified atom stereocenters. The molecule has 0 spiro atoms. The first-order valence-corrected chi connectivity index (χ1v) is 8.23. The second-order valence-electron chi connectivity index (χ2n) is 5.13. The number of morpholine rings is 1. The van der Waals surface area contributed by atoms with Gasteiger partial charge in [0.15, 0.2) is 6.10 Å². The summed E-state index contributed by atoms with van der Waals surface area (Å²) in [6.45, 7) is 1.44. The van der Waals surface area contributed by atoms with Crippen LogP contribution in [0.2, 0.25) is 0 Å². The van der Waals surface area contributed by atoms with Crippen LogP contribution in [0.5, 0.6) is 0 Å². The summed E-state index contributed by atoms with van der Waals surface area (Å²) in [4.78, 5) is 26.2. The van der Waals surface area contributed by atoms with Crippen LogP contribution < -0.4 is 5.32 Å². The van der Waals surface area contributed by atoms with E-state index in [9.17, 15) is 9.59 Å². The number of carbonyl (C=O) groups is 2. The van der Waals surface area contributed by atoms with E-state index in [1.165, 1.54) is 0 Å². The van der Waals surface area contributed by atoms with Crippen LogP contribution in [0.3, 0.4) is 0 Å². The predicted molar refractivity (Wildman–Crippen MR) is 81.0 cm³/mol. The number of carbonyl (C=O) groups excluding carboxylic acids is 2. The van der Waals surface area contributed by atoms with Crippen molar-refractivity contribution in [2.45, 2.75) is 12.1 Å². The highest BCUT2D eigenvalue weighted by atomic mass is 32.2. The summed E-state index contributed by atoms with van der Waals surface area (Å²) >= 11 is 1.86. The number of nitrogens with zero attached hydrogens (tertiary/aromatic N) is 1. The molecule has 5 nitrogen and oxygen atoms in total. The molecule has 2 aliphatic rings. The third-order valence-electron chi connectivity index (χ3n) is 3.74. The molecular weight excluding hydrogens is 288 g/mol. The molecule has 1 aromatic carbocycles. The molecule has 6 heteroatoms. The fourth-order valence-corrected chi connectivity index (χ4v) is 3.55. The quantitative estimate of drug-likeness (QED) is 0.879. The lowest BCUT2D eigenvalue weighted by molar-refractivity contribution is -0.155. The molecule has 0 aliphatic carbocycles. The van der Waals surface area contributed by atoms with Crippen LogP contribution >= 0.6 is 11.8 Å². The van der Waals surface area contributed by atoms with E-state index in [0.717, 1.165) is 30.2 Å². The maximum atomic E-state index is 12.7. The number of ether oxygens (including phenoxy) is 1. The zero-order valence-corrected chi connectivity index (χ0v) is 12.5. The summed E-state index contributed by atoms with van der Waals surface area (Å²) in [6, 6.07) is 9.12. The summed E-state index contributed by atoms with van der Waals surface area (Å²) in [5.41, 5.74) is 0.898. The normalized spacial score (nSPS) is 26.3. The van der Waals surface area contributed by atoms with Crippen molar-refractivity contribution >= 4 is 23.6 Å². The smallest absolute Gasteiger partial charge is 0.254 e. The largest absolute Gasteiger partial charge is 0.356 e. The van der Waals surface area contributed by atoms with E-state index in [4.69, 9.17) is 4.74 Å². The van der Waals surface area contributed by atoms with Crippen molar-refractivity contribution in [3.63, 3.8) is 0 Å². The van der Waals surface area contributed by atoms with Gasteiger partial charge in [0.05, 0.1) is 6.04 Å². The first kappa shape index (κ1) is 14.4. The van der Waals surface area contributed by atoms with Crippen molar-refractivity contribution in [3.05, 3.63) is 35.9 Å². The molecule has 0 saturated carbocycles. The van der Waals surface area contributed by atoms with Crippen molar-refractivity contribution < 1.29 is 14.3 Å². The molecule has 2 heterocycles. The van der Waals surface area contributed by atoms with E-state index >= 15 is 0 Å². The Balaban J connectivity index is 1.80. The van der Waals surface area contributed by atoms with Gasteiger partial charge in [-0.1, -0.05) is 30.3 Å². The number of rotatable bonds is 2. The topological polar surface area (TPSA) is 58.6 Å². The molecule has 1 N–H and O–H groups in total. The van der Waals surface area contributed by atoms with Crippen molar-refractivity contribution in [2.75, 3.05) is 31.2 Å². The highest BCUT2D eigenvalue weighted by molar-refractivity contribution is 7.99. The Morgan fingerprint density at radius 1 is 1.24 bits per heavy atom. The maximum absolute atomic E-state index is 12.7. The molecule has 2 aliphatic heterocycles. The van der Waals surface area contributed by atoms with Gasteiger partial charge in [0.2, 0.25) is 5.91 Å². The van der Waals surface area contributed by atoms with Crippen LogP contribution in [-0.2, 0) is 14.3 Å². The van der Waals surface area contributed by atoms with E-state index in [-0.39, 0.29) is 18.4 Å². The highest BCUT2D eigenvalue weighted by Gasteiger charge is 2.38. The Bertz CT molecular complexity index is 517. The first-order valence-electron chi connectivity index (χ1n) is 7.08. The lowest BCUT2D eigenvalue weighted by Gasteiger charge is -2.36. The molecule has 3 rings (SSSR count). The van der Waals surface area contributed by atoms with E-state index in [2.05, 4.69) is 5.32 Å². The standard InChI is InChI=1S/C15H18N2O3S/c18-12-10-20-14(15(19)17-6-8-21-9-7-17)13(16-12)11-4-2-1-3-5-11/h1-5,13-14H,6-10H2,(H,16,18). The van der Waals surface area contributed by atoms with E-state index in [1.54, 1.807) is 0 Å². The number of thioether (sulfide) groups is 1. The predicted octanol–water partition coefficient (Wildman–Crippen LogP) is 0.818. The molecule has 0 aromatic heterocycles. The van der Waals surface area contributed by atoms with E-state index in [0.29, 0.717) is 0 Å². The van der Waals surface area contributed by atoms with Crippen LogP contribution in [-0.4, -0.2) is 54.0 Å². The van der Waals surface area contributed by atoms with Crippen molar-refractivity contribution in [3.8, 4) is 0 Å². The van der Waals surface area contributed by atoms with Crippen LogP contribution in [0.25, 0.3) is 0 Å². The fraction of sp³-hybridized carbons (Fsp3) is 0.467. The summed E-state index contributed by atoms with van der Waals surface area (Å²) in [7, 11) is 0. The first-order chi connectivity index (χ1) is 10.3. The van der Waals surface area contributed by atoms with Gasteiger partial charge in [0.25, 0.3) is 5.91 Å². The molecule has 112 valence electrons. The third-order valence-corrected chi connectivity index (χ3v) is 4.68. The Kier molecular flexibility index (Phi) is 4.45. The molecule has 2 amide bonds. The second-order valence-corrected chi connectivity index (χ2v) is 6.35. The molecule has 0 bridgehead atoms. The van der Waals surface area contributed by atoms with Gasteiger partial charge < -0.3 is 15.0 Å². The van der Waals surface area contributed by atoms with E-state index in [1.807, 2.05) is 47.0 Å². The Morgan fingerprint density at radius 3 is 2.67 bits per heavy atom. The van der Waals surface area contributed by atoms with Crippen molar-refractivity contribution in [1.82, 2.24) is 10.2 Å². The monoisotopic (exact) mass is 306 g/mol. The average Bonchev–Trinajstić information content (AvgIpc) is 2.56. The molecule has 2 fully saturated rings. The number of nitrogens with one attached hydrogen (secondary N) is 1. The zero-order valence-electron chi connectivity index (χ0n) is 11.7. The molecule has 0 radical (unpaired) electrons. The molecule has 21 heavy (non-hydrogen) atoms. The Hall–Kier alpha value is -1.53. The minimum atomic E-state index is -0.631. The number of benzene rings is 1. The van der Waals surface area contributed by atoms with Crippen LogP contribution in [0.1, 0.15) is 11.6 Å². The van der Waals surface area contributed by atoms with Gasteiger partial charge in [-0.25, -0.2) is 0 Å². The van der Waals surface area contributed by atoms with Crippen LogP contribution in [0.15, 0.2) is 30.3 Å². The number of hydrogen-bond acceptors (Lipinski definition) is 4. The van der Waals surface area contributed by atoms with Gasteiger partial charge in [-0.15, -0.1) is 0 Å². The summed E-state index contributed by atoms with van der Waals surface area (Å²) in [5.74, 6) is 1.72. The summed E-state index contributed by atoms with van der Waals surface area (Å²) in [6.07, 6.45) is -0.631. The lowest BCUT2D eigenvalue weighted by Crippen LogP contribution is -2.54. The van der Waals surface area contributed by atoms with Crippen molar-refractivity contribution in [1.29, 1.82) is 0 Å². The van der Waals surface area contributed by atoms with Gasteiger partial charge in [-0.2, -0.15) is 11.8 Å². The third kappa shape index (κ3) is 3.22. The van der Waals surface area contributed by atoms with Gasteiger partial charge >= 0.3 is 0 Å². The van der Waals surface area contributed by atoms with Gasteiger partial charge in [-0.3, -0.25) is 9.59 Å². The average molecular weight is 306 g/mol. The minimum absolute atomic E-state index is 0.0239. The molecule has 1 aromatic rings. The number of amides is 2. The van der Waals surface area contributed by atoms with Gasteiger partial charge in [0, 0.05) is 24.6 Å². The van der Waals surface area contributed by atoms with Crippen LogP contribution in [0.4, 0.5) is 0 Å². The minimum Gasteiger partial charge on any atom is -0.356 e. The maximum Gasteiger partial charge on any atom is 0.254 e.